The molecule has 1 aromatic heterocycles. The number of carboxylic acids is 1. The number of ether oxygens (including phenoxy) is 1. The van der Waals surface area contributed by atoms with Gasteiger partial charge in [-0.1, -0.05) is 0 Å². The minimum Gasteiger partial charge on any atom is -0.481 e. The molecule has 0 saturated heterocycles. The minimum absolute atomic E-state index is 0.190. The van der Waals surface area contributed by atoms with Crippen molar-refractivity contribution in [3.05, 3.63) is 22.9 Å². The van der Waals surface area contributed by atoms with Gasteiger partial charge in [0.05, 0.1) is 13.5 Å². The second-order valence-electron chi connectivity index (χ2n) is 3.06. The van der Waals surface area contributed by atoms with Crippen LogP contribution in [0.25, 0.3) is 0 Å². The maximum absolute atomic E-state index is 12.8. The molecule has 0 atom stereocenters. The van der Waals surface area contributed by atoms with Crippen molar-refractivity contribution < 1.29 is 23.4 Å². The fourth-order valence-corrected chi connectivity index (χ4v) is 1.36. The first-order valence-electron chi connectivity index (χ1n) is 4.47. The summed E-state index contributed by atoms with van der Waals surface area (Å²) in [5, 5.41) is 17.4. The van der Waals surface area contributed by atoms with Crippen LogP contribution < -0.4 is 4.74 Å². The molecule has 17 heavy (non-hydrogen) atoms. The lowest BCUT2D eigenvalue weighted by atomic mass is 10.0. The highest BCUT2D eigenvalue weighted by Gasteiger charge is 2.23. The highest BCUT2D eigenvalue weighted by molar-refractivity contribution is 5.71. The van der Waals surface area contributed by atoms with Gasteiger partial charge in [-0.15, -0.1) is 0 Å². The number of halogens is 2. The zero-order chi connectivity index (χ0) is 13.0. The Balaban J connectivity index is 3.43. The Labute approximate surface area is 95.3 Å². The van der Waals surface area contributed by atoms with E-state index in [1.54, 1.807) is 6.07 Å². The van der Waals surface area contributed by atoms with Gasteiger partial charge >= 0.3 is 5.97 Å². The summed E-state index contributed by atoms with van der Waals surface area (Å²) < 4.78 is 30.3. The summed E-state index contributed by atoms with van der Waals surface area (Å²) in [7, 11) is 1.19. The smallest absolute Gasteiger partial charge is 0.307 e. The van der Waals surface area contributed by atoms with Gasteiger partial charge in [-0.2, -0.15) is 5.26 Å². The number of carbonyl (C=O) groups is 1. The number of aliphatic carboxylic acids is 1. The van der Waals surface area contributed by atoms with Crippen molar-refractivity contribution in [2.75, 3.05) is 7.11 Å². The summed E-state index contributed by atoms with van der Waals surface area (Å²) >= 11 is 0. The highest BCUT2D eigenvalue weighted by atomic mass is 19.3. The Morgan fingerprint density at radius 1 is 1.71 bits per heavy atom. The van der Waals surface area contributed by atoms with Gasteiger partial charge in [0.2, 0.25) is 5.88 Å². The third kappa shape index (κ3) is 2.66. The summed E-state index contributed by atoms with van der Waals surface area (Å²) in [4.78, 5) is 14.1. The summed E-state index contributed by atoms with van der Waals surface area (Å²) in [6, 6.07) is 1.55. The number of carboxylic acid groups (broad SMARTS) is 1. The molecule has 0 bridgehead atoms. The Kier molecular flexibility index (Phi) is 3.93. The van der Waals surface area contributed by atoms with E-state index in [1.807, 2.05) is 0 Å². The normalized spacial score (nSPS) is 10.1. The van der Waals surface area contributed by atoms with E-state index in [0.29, 0.717) is 0 Å². The van der Waals surface area contributed by atoms with Crippen LogP contribution in [-0.2, 0) is 11.2 Å². The van der Waals surface area contributed by atoms with Gasteiger partial charge < -0.3 is 9.84 Å². The fourth-order valence-electron chi connectivity index (χ4n) is 1.36. The highest BCUT2D eigenvalue weighted by Crippen LogP contribution is 2.31. The maximum Gasteiger partial charge on any atom is 0.307 e. The monoisotopic (exact) mass is 242 g/mol. The molecule has 0 aromatic carbocycles. The number of methoxy groups -OCH3 is 1. The van der Waals surface area contributed by atoms with Crippen LogP contribution in [0, 0.1) is 11.3 Å². The lowest BCUT2D eigenvalue weighted by Gasteiger charge is -2.11. The summed E-state index contributed by atoms with van der Waals surface area (Å²) in [6.07, 6.45) is -2.60. The summed E-state index contributed by atoms with van der Waals surface area (Å²) in [5.74, 6) is -1.51. The van der Waals surface area contributed by atoms with Gasteiger partial charge in [-0.3, -0.25) is 4.79 Å². The molecule has 0 aliphatic heterocycles. The molecule has 7 heteroatoms. The van der Waals surface area contributed by atoms with Crippen molar-refractivity contribution >= 4 is 5.97 Å². The number of pyridine rings is 1. The number of aromatic nitrogens is 1. The molecular weight excluding hydrogens is 234 g/mol. The second-order valence-corrected chi connectivity index (χ2v) is 3.06. The second kappa shape index (κ2) is 5.21. The van der Waals surface area contributed by atoms with Crippen molar-refractivity contribution in [3.8, 4) is 11.9 Å². The molecule has 1 heterocycles. The van der Waals surface area contributed by atoms with Crippen LogP contribution in [0.2, 0.25) is 0 Å². The third-order valence-corrected chi connectivity index (χ3v) is 2.03. The summed E-state index contributed by atoms with van der Waals surface area (Å²) in [5.41, 5.74) is -1.26. The zero-order valence-corrected chi connectivity index (χ0v) is 8.78. The van der Waals surface area contributed by atoms with E-state index in [4.69, 9.17) is 10.4 Å². The van der Waals surface area contributed by atoms with Crippen molar-refractivity contribution in [2.24, 2.45) is 0 Å². The number of alkyl halides is 2. The van der Waals surface area contributed by atoms with Gasteiger partial charge in [0.25, 0.3) is 6.43 Å². The van der Waals surface area contributed by atoms with Crippen molar-refractivity contribution in [3.63, 3.8) is 0 Å². The van der Waals surface area contributed by atoms with Gasteiger partial charge in [0, 0.05) is 11.8 Å². The van der Waals surface area contributed by atoms with E-state index in [-0.39, 0.29) is 11.4 Å². The zero-order valence-electron chi connectivity index (χ0n) is 8.78. The van der Waals surface area contributed by atoms with Crippen LogP contribution in [0.3, 0.4) is 0 Å². The molecular formula is C10H8F2N2O3. The largest absolute Gasteiger partial charge is 0.481 e. The maximum atomic E-state index is 12.8. The third-order valence-electron chi connectivity index (χ3n) is 2.03. The Hall–Kier alpha value is -2.23. The number of hydrogen-bond donors (Lipinski definition) is 1. The number of rotatable bonds is 4. The molecule has 0 amide bonds. The number of hydrogen-bond acceptors (Lipinski definition) is 4. The molecule has 1 rings (SSSR count). The first-order chi connectivity index (χ1) is 8.01. The van der Waals surface area contributed by atoms with Gasteiger partial charge in [-0.25, -0.2) is 13.8 Å². The number of nitrogens with zero attached hydrogens (tertiary/aromatic N) is 2. The standard InChI is InChI=1S/C10H8F2N2O3/c1-17-10-6(3-13)8(9(11)12)5(4-14-10)2-7(15)16/h4,9H,2H2,1H3,(H,15,16). The van der Waals surface area contributed by atoms with E-state index in [9.17, 15) is 13.6 Å². The van der Waals surface area contributed by atoms with Gasteiger partial charge in [-0.05, 0) is 5.56 Å². The van der Waals surface area contributed by atoms with Crippen LogP contribution >= 0.6 is 0 Å². The number of nitriles is 1. The lowest BCUT2D eigenvalue weighted by molar-refractivity contribution is -0.136. The molecule has 1 aromatic rings. The molecule has 90 valence electrons. The molecule has 0 aliphatic rings. The quantitative estimate of drug-likeness (QED) is 0.865. The fraction of sp³-hybridized carbons (Fsp3) is 0.300. The molecule has 0 fully saturated rings. The SMILES string of the molecule is COc1ncc(CC(=O)O)c(C(F)F)c1C#N. The van der Waals surface area contributed by atoms with E-state index >= 15 is 0 Å². The predicted octanol–water partition coefficient (Wildman–Crippen LogP) is 1.53. The molecule has 0 radical (unpaired) electrons. The summed E-state index contributed by atoms with van der Waals surface area (Å²) in [6.45, 7) is 0. The first-order valence-corrected chi connectivity index (χ1v) is 4.47. The van der Waals surface area contributed by atoms with Crippen LogP contribution in [0.5, 0.6) is 5.88 Å². The van der Waals surface area contributed by atoms with Gasteiger partial charge in [0.1, 0.15) is 11.6 Å². The van der Waals surface area contributed by atoms with E-state index in [1.165, 1.54) is 7.11 Å². The minimum atomic E-state index is -2.96. The average molecular weight is 242 g/mol. The Bertz CT molecular complexity index is 483. The molecule has 0 unspecified atom stereocenters. The molecule has 0 spiro atoms. The van der Waals surface area contributed by atoms with Crippen LogP contribution in [0.1, 0.15) is 23.1 Å². The van der Waals surface area contributed by atoms with Crippen LogP contribution in [-0.4, -0.2) is 23.2 Å². The van der Waals surface area contributed by atoms with Crippen LogP contribution in [0.4, 0.5) is 8.78 Å². The molecule has 0 aliphatic carbocycles. The van der Waals surface area contributed by atoms with E-state index in [2.05, 4.69) is 9.72 Å². The predicted molar refractivity (Wildman–Crippen MR) is 51.8 cm³/mol. The van der Waals surface area contributed by atoms with Crippen molar-refractivity contribution in [1.29, 1.82) is 5.26 Å². The molecule has 0 saturated carbocycles. The van der Waals surface area contributed by atoms with Gasteiger partial charge in [0.15, 0.2) is 0 Å². The molecule has 1 N–H and O–H groups in total. The van der Waals surface area contributed by atoms with Crippen LogP contribution in [0.15, 0.2) is 6.20 Å². The first kappa shape index (κ1) is 12.8. The lowest BCUT2D eigenvalue weighted by Crippen LogP contribution is -2.08. The topological polar surface area (TPSA) is 83.2 Å². The van der Waals surface area contributed by atoms with E-state index in [0.717, 1.165) is 6.20 Å². The van der Waals surface area contributed by atoms with Crippen molar-refractivity contribution in [2.45, 2.75) is 12.8 Å². The van der Waals surface area contributed by atoms with Crippen molar-refractivity contribution in [1.82, 2.24) is 4.98 Å². The Morgan fingerprint density at radius 3 is 2.76 bits per heavy atom. The van der Waals surface area contributed by atoms with E-state index < -0.39 is 29.9 Å². The Morgan fingerprint density at radius 2 is 2.35 bits per heavy atom. The molecule has 5 nitrogen and oxygen atoms in total. The average Bonchev–Trinajstić information content (AvgIpc) is 2.26.